The molecule has 0 radical (unpaired) electrons. The fraction of sp³-hybridized carbons (Fsp3) is 0.292. The van der Waals surface area contributed by atoms with Gasteiger partial charge in [-0.05, 0) is 32.0 Å². The number of aromatic amines is 1. The average Bonchev–Trinajstić information content (AvgIpc) is 3.09. The maximum atomic E-state index is 12.4. The van der Waals surface area contributed by atoms with Crippen LogP contribution in [0.25, 0.3) is 21.9 Å². The third kappa shape index (κ3) is 3.41. The zero-order valence-electron chi connectivity index (χ0n) is 17.7. The van der Waals surface area contributed by atoms with Crippen molar-refractivity contribution in [1.29, 1.82) is 0 Å². The molecule has 2 aromatic carbocycles. The van der Waals surface area contributed by atoms with Gasteiger partial charge in [-0.15, -0.1) is 0 Å². The van der Waals surface area contributed by atoms with E-state index in [1.54, 1.807) is 0 Å². The Hall–Kier alpha value is -3.45. The van der Waals surface area contributed by atoms with Crippen LogP contribution in [0, 0.1) is 13.8 Å². The summed E-state index contributed by atoms with van der Waals surface area (Å²) in [5, 5.41) is 11.1. The van der Waals surface area contributed by atoms with Crippen LogP contribution in [0.5, 0.6) is 0 Å². The Balaban J connectivity index is 1.42. The number of carbonyl (C=O) groups is 1. The van der Waals surface area contributed by atoms with Gasteiger partial charge in [0.05, 0.1) is 16.7 Å². The minimum absolute atomic E-state index is 0.643. The molecule has 4 aromatic rings. The third-order valence-electron chi connectivity index (χ3n) is 6.15. The van der Waals surface area contributed by atoms with E-state index in [-0.39, 0.29) is 0 Å². The number of rotatable bonds is 4. The molecule has 1 aliphatic heterocycles. The van der Waals surface area contributed by atoms with Crippen molar-refractivity contribution < 1.29 is 9.90 Å². The number of hydrogen-bond donors (Lipinski definition) is 2. The number of aliphatic carboxylic acids is 1. The SMILES string of the molecule is Cc1nc2ccccc2nc1N1CCN([C@@H](C(=O)O)c2c(C)[nH]c3ccccc23)CC1. The number of nitrogens with zero attached hydrogens (tertiary/aromatic N) is 4. The smallest absolute Gasteiger partial charge is 0.325 e. The molecule has 0 bridgehead atoms. The zero-order valence-corrected chi connectivity index (χ0v) is 17.7. The van der Waals surface area contributed by atoms with Crippen LogP contribution in [0.3, 0.4) is 0 Å². The second kappa shape index (κ2) is 7.67. The summed E-state index contributed by atoms with van der Waals surface area (Å²) in [4.78, 5) is 29.5. The minimum atomic E-state index is -0.817. The van der Waals surface area contributed by atoms with Crippen LogP contribution in [0.15, 0.2) is 48.5 Å². The number of piperazine rings is 1. The van der Waals surface area contributed by atoms with Crippen molar-refractivity contribution in [1.82, 2.24) is 19.9 Å². The van der Waals surface area contributed by atoms with E-state index in [2.05, 4.69) is 14.8 Å². The largest absolute Gasteiger partial charge is 0.480 e. The molecule has 158 valence electrons. The van der Waals surface area contributed by atoms with Gasteiger partial charge in [-0.2, -0.15) is 0 Å². The van der Waals surface area contributed by atoms with Crippen LogP contribution in [0.4, 0.5) is 5.82 Å². The number of H-pyrrole nitrogens is 1. The van der Waals surface area contributed by atoms with Gasteiger partial charge in [-0.25, -0.2) is 9.97 Å². The molecule has 5 rings (SSSR count). The quantitative estimate of drug-likeness (QED) is 0.529. The molecule has 1 aliphatic rings. The molecule has 2 aromatic heterocycles. The molecule has 7 nitrogen and oxygen atoms in total. The van der Waals surface area contributed by atoms with Crippen LogP contribution in [-0.2, 0) is 4.79 Å². The summed E-state index contributed by atoms with van der Waals surface area (Å²) in [6.07, 6.45) is 0. The summed E-state index contributed by atoms with van der Waals surface area (Å²) in [5.74, 6) is 0.0662. The van der Waals surface area contributed by atoms with Crippen molar-refractivity contribution in [3.63, 3.8) is 0 Å². The lowest BCUT2D eigenvalue weighted by molar-refractivity contribution is -0.143. The monoisotopic (exact) mass is 415 g/mol. The Morgan fingerprint density at radius 1 is 0.968 bits per heavy atom. The standard InChI is InChI=1S/C24H25N5O2/c1-15-21(17-7-3-4-8-18(17)25-15)22(24(30)31)28-11-13-29(14-12-28)23-16(2)26-19-9-5-6-10-20(19)27-23/h3-10,22,25H,11-14H2,1-2H3,(H,30,31)/t22-/m1/s1. The summed E-state index contributed by atoms with van der Waals surface area (Å²) in [6, 6.07) is 15.1. The van der Waals surface area contributed by atoms with Crippen LogP contribution in [0.2, 0.25) is 0 Å². The van der Waals surface area contributed by atoms with E-state index in [0.717, 1.165) is 44.7 Å². The predicted octanol–water partition coefficient (Wildman–Crippen LogP) is 3.68. The highest BCUT2D eigenvalue weighted by atomic mass is 16.4. The molecular formula is C24H25N5O2. The minimum Gasteiger partial charge on any atom is -0.480 e. The number of benzene rings is 2. The van der Waals surface area contributed by atoms with Gasteiger partial charge in [-0.1, -0.05) is 30.3 Å². The van der Waals surface area contributed by atoms with Crippen LogP contribution in [-0.4, -0.2) is 57.1 Å². The van der Waals surface area contributed by atoms with Crippen molar-refractivity contribution in [3.8, 4) is 0 Å². The summed E-state index contributed by atoms with van der Waals surface area (Å²) >= 11 is 0. The Morgan fingerprint density at radius 2 is 1.61 bits per heavy atom. The van der Waals surface area contributed by atoms with E-state index in [4.69, 9.17) is 9.97 Å². The number of para-hydroxylation sites is 3. The van der Waals surface area contributed by atoms with Crippen molar-refractivity contribution in [2.45, 2.75) is 19.9 Å². The molecule has 1 fully saturated rings. The van der Waals surface area contributed by atoms with Crippen molar-refractivity contribution in [2.75, 3.05) is 31.1 Å². The molecule has 0 spiro atoms. The molecule has 1 saturated heterocycles. The number of hydrogen-bond acceptors (Lipinski definition) is 5. The summed E-state index contributed by atoms with van der Waals surface area (Å²) in [7, 11) is 0. The Bertz CT molecular complexity index is 1270. The van der Waals surface area contributed by atoms with Gasteiger partial charge in [0.25, 0.3) is 0 Å². The lowest BCUT2D eigenvalue weighted by Crippen LogP contribution is -2.49. The number of nitrogens with one attached hydrogen (secondary N) is 1. The number of aromatic nitrogens is 3. The fourth-order valence-corrected chi connectivity index (χ4v) is 4.68. The topological polar surface area (TPSA) is 85.3 Å². The number of aryl methyl sites for hydroxylation is 2. The van der Waals surface area contributed by atoms with E-state index in [0.29, 0.717) is 26.2 Å². The first-order chi connectivity index (χ1) is 15.0. The number of fused-ring (bicyclic) bond motifs is 2. The second-order valence-electron chi connectivity index (χ2n) is 8.09. The number of anilines is 1. The lowest BCUT2D eigenvalue weighted by atomic mass is 10.0. The first-order valence-electron chi connectivity index (χ1n) is 10.6. The Labute approximate surface area is 180 Å². The van der Waals surface area contributed by atoms with Crippen molar-refractivity contribution in [2.24, 2.45) is 0 Å². The van der Waals surface area contributed by atoms with Crippen molar-refractivity contribution in [3.05, 3.63) is 65.5 Å². The van der Waals surface area contributed by atoms with Crippen LogP contribution >= 0.6 is 0 Å². The number of carboxylic acid groups (broad SMARTS) is 1. The van der Waals surface area contributed by atoms with Gasteiger partial charge in [0.2, 0.25) is 0 Å². The summed E-state index contributed by atoms with van der Waals surface area (Å²) < 4.78 is 0. The fourth-order valence-electron chi connectivity index (χ4n) is 4.68. The first-order valence-corrected chi connectivity index (χ1v) is 10.6. The van der Waals surface area contributed by atoms with E-state index in [1.165, 1.54) is 0 Å². The molecule has 0 amide bonds. The summed E-state index contributed by atoms with van der Waals surface area (Å²) in [6.45, 7) is 6.64. The Kier molecular flexibility index (Phi) is 4.82. The highest BCUT2D eigenvalue weighted by molar-refractivity contribution is 5.90. The van der Waals surface area contributed by atoms with Gasteiger partial charge in [-0.3, -0.25) is 9.69 Å². The number of carboxylic acids is 1. The maximum Gasteiger partial charge on any atom is 0.325 e. The first kappa shape index (κ1) is 19.5. The molecular weight excluding hydrogens is 390 g/mol. The third-order valence-corrected chi connectivity index (χ3v) is 6.15. The van der Waals surface area contributed by atoms with E-state index < -0.39 is 12.0 Å². The van der Waals surface area contributed by atoms with E-state index >= 15 is 0 Å². The lowest BCUT2D eigenvalue weighted by Gasteiger charge is -2.38. The highest BCUT2D eigenvalue weighted by Crippen LogP contribution is 2.33. The van der Waals surface area contributed by atoms with Gasteiger partial charge >= 0.3 is 5.97 Å². The maximum absolute atomic E-state index is 12.4. The normalized spacial score (nSPS) is 16.1. The van der Waals surface area contributed by atoms with Gasteiger partial charge in [0.15, 0.2) is 5.82 Å². The molecule has 0 unspecified atom stereocenters. The molecule has 0 aliphatic carbocycles. The zero-order chi connectivity index (χ0) is 21.5. The summed E-state index contributed by atoms with van der Waals surface area (Å²) in [5.41, 5.74) is 5.41. The molecule has 7 heteroatoms. The van der Waals surface area contributed by atoms with Crippen LogP contribution in [0.1, 0.15) is 23.0 Å². The molecule has 0 saturated carbocycles. The average molecular weight is 415 g/mol. The highest BCUT2D eigenvalue weighted by Gasteiger charge is 2.34. The molecule has 31 heavy (non-hydrogen) atoms. The van der Waals surface area contributed by atoms with Gasteiger partial charge in [0, 0.05) is 48.3 Å². The Morgan fingerprint density at radius 3 is 2.32 bits per heavy atom. The van der Waals surface area contributed by atoms with Gasteiger partial charge < -0.3 is 15.0 Å². The molecule has 3 heterocycles. The van der Waals surface area contributed by atoms with E-state index in [1.807, 2.05) is 62.4 Å². The molecule has 2 N–H and O–H groups in total. The predicted molar refractivity (Wildman–Crippen MR) is 121 cm³/mol. The second-order valence-corrected chi connectivity index (χ2v) is 8.09. The van der Waals surface area contributed by atoms with E-state index in [9.17, 15) is 9.90 Å². The van der Waals surface area contributed by atoms with Gasteiger partial charge in [0.1, 0.15) is 6.04 Å². The molecule has 1 atom stereocenters. The van der Waals surface area contributed by atoms with Crippen molar-refractivity contribution >= 4 is 33.7 Å². The van der Waals surface area contributed by atoms with Crippen LogP contribution < -0.4 is 4.90 Å².